The van der Waals surface area contributed by atoms with Crippen molar-refractivity contribution in [1.29, 1.82) is 0 Å². The number of carbonyl (C=O) groups is 1. The number of likely N-dealkylation sites (N-methyl/N-ethyl adjacent to an activating group) is 1. The van der Waals surface area contributed by atoms with Gasteiger partial charge in [0.25, 0.3) is 5.91 Å². The second-order valence-electron chi connectivity index (χ2n) is 7.74. The Labute approximate surface area is 181 Å². The van der Waals surface area contributed by atoms with Crippen LogP contribution < -0.4 is 0 Å². The van der Waals surface area contributed by atoms with Gasteiger partial charge in [-0.15, -0.1) is 10.2 Å². The van der Waals surface area contributed by atoms with Gasteiger partial charge in [-0.1, -0.05) is 6.07 Å². The Morgan fingerprint density at radius 2 is 1.97 bits per heavy atom. The molecule has 1 aromatic heterocycles. The first kappa shape index (κ1) is 21.9. The predicted molar refractivity (Wildman–Crippen MR) is 107 cm³/mol. The van der Waals surface area contributed by atoms with E-state index in [0.29, 0.717) is 42.1 Å². The van der Waals surface area contributed by atoms with Gasteiger partial charge < -0.3 is 9.32 Å². The summed E-state index contributed by atoms with van der Waals surface area (Å²) < 4.78 is 57.2. The number of likely N-dealkylation sites (tertiary alicyclic amines) is 1. The Bertz CT molecular complexity index is 1080. The molecule has 1 fully saturated rings. The summed E-state index contributed by atoms with van der Waals surface area (Å²) in [6.07, 6.45) is -2.77. The van der Waals surface area contributed by atoms with Gasteiger partial charge in [-0.2, -0.15) is 13.2 Å². The van der Waals surface area contributed by atoms with E-state index in [-0.39, 0.29) is 18.5 Å². The van der Waals surface area contributed by atoms with E-state index in [1.807, 2.05) is 11.9 Å². The predicted octanol–water partition coefficient (Wildman–Crippen LogP) is 4.24. The highest BCUT2D eigenvalue weighted by Gasteiger charge is 2.34. The van der Waals surface area contributed by atoms with Crippen LogP contribution in [0.15, 0.2) is 53.3 Å². The lowest BCUT2D eigenvalue weighted by Gasteiger charge is -2.25. The van der Waals surface area contributed by atoms with Crippen LogP contribution in [0.3, 0.4) is 0 Å². The zero-order valence-electron chi connectivity index (χ0n) is 17.1. The van der Waals surface area contributed by atoms with E-state index in [4.69, 9.17) is 4.42 Å². The quantitative estimate of drug-likeness (QED) is 0.547. The molecule has 2 heterocycles. The van der Waals surface area contributed by atoms with Crippen molar-refractivity contribution < 1.29 is 26.8 Å². The molecule has 32 heavy (non-hydrogen) atoms. The monoisotopic (exact) mass is 448 g/mol. The minimum absolute atomic E-state index is 0.0157. The van der Waals surface area contributed by atoms with E-state index in [0.717, 1.165) is 12.1 Å². The number of carbonyl (C=O) groups excluding carboxylic acids is 1. The van der Waals surface area contributed by atoms with Crippen LogP contribution in [0, 0.1) is 5.82 Å². The third-order valence-corrected chi connectivity index (χ3v) is 5.58. The fourth-order valence-corrected chi connectivity index (χ4v) is 3.83. The van der Waals surface area contributed by atoms with Crippen LogP contribution >= 0.6 is 0 Å². The molecular formula is C22H20F4N4O2. The standard InChI is InChI=1S/C22H20F4N4O2/c1-29(11-14-2-7-18(19(23)10-14)22(24,25)26)17-8-9-30(12-17)21(31)16-5-3-15(4-6-16)20-28-27-13-32-20/h2-7,10,13,17H,8-9,11-12H2,1H3. The minimum Gasteiger partial charge on any atom is -0.423 e. The smallest absolute Gasteiger partial charge is 0.419 e. The van der Waals surface area contributed by atoms with Gasteiger partial charge in [0, 0.05) is 36.8 Å². The van der Waals surface area contributed by atoms with E-state index in [2.05, 4.69) is 10.2 Å². The molecule has 1 unspecified atom stereocenters. The first-order chi connectivity index (χ1) is 15.2. The summed E-state index contributed by atoms with van der Waals surface area (Å²) in [5.74, 6) is -1.03. The molecule has 1 amide bonds. The number of alkyl halides is 3. The van der Waals surface area contributed by atoms with Crippen LogP contribution in [0.1, 0.15) is 27.9 Å². The molecule has 0 aliphatic carbocycles. The van der Waals surface area contributed by atoms with E-state index in [9.17, 15) is 22.4 Å². The largest absolute Gasteiger partial charge is 0.423 e. The number of amides is 1. The summed E-state index contributed by atoms with van der Waals surface area (Å²) in [5, 5.41) is 7.45. The zero-order valence-corrected chi connectivity index (χ0v) is 17.1. The van der Waals surface area contributed by atoms with Crippen molar-refractivity contribution in [2.75, 3.05) is 20.1 Å². The molecular weight excluding hydrogens is 428 g/mol. The number of hydrogen-bond acceptors (Lipinski definition) is 5. The maximum absolute atomic E-state index is 13.8. The Hall–Kier alpha value is -3.27. The highest BCUT2D eigenvalue weighted by molar-refractivity contribution is 5.94. The molecule has 0 radical (unpaired) electrons. The lowest BCUT2D eigenvalue weighted by Crippen LogP contribution is -2.36. The average molecular weight is 448 g/mol. The number of nitrogens with zero attached hydrogens (tertiary/aromatic N) is 4. The van der Waals surface area contributed by atoms with Gasteiger partial charge in [-0.3, -0.25) is 9.69 Å². The summed E-state index contributed by atoms with van der Waals surface area (Å²) in [7, 11) is 1.81. The van der Waals surface area contributed by atoms with Crippen LogP contribution in [0.4, 0.5) is 17.6 Å². The normalized spacial score (nSPS) is 16.7. The van der Waals surface area contributed by atoms with Crippen LogP contribution in [0.5, 0.6) is 0 Å². The fourth-order valence-electron chi connectivity index (χ4n) is 3.83. The second kappa shape index (κ2) is 8.70. The van der Waals surface area contributed by atoms with Crippen molar-refractivity contribution in [2.24, 2.45) is 0 Å². The summed E-state index contributed by atoms with van der Waals surface area (Å²) in [5.41, 5.74) is 0.411. The Morgan fingerprint density at radius 1 is 1.22 bits per heavy atom. The van der Waals surface area contributed by atoms with Gasteiger partial charge in [0.15, 0.2) is 0 Å². The second-order valence-corrected chi connectivity index (χ2v) is 7.74. The lowest BCUT2D eigenvalue weighted by atomic mass is 10.1. The maximum atomic E-state index is 13.8. The molecule has 0 spiro atoms. The van der Waals surface area contributed by atoms with Gasteiger partial charge in [-0.05, 0) is 55.4 Å². The molecule has 1 saturated heterocycles. The van der Waals surface area contributed by atoms with Crippen molar-refractivity contribution in [2.45, 2.75) is 25.2 Å². The van der Waals surface area contributed by atoms with Crippen molar-refractivity contribution in [3.05, 3.63) is 71.4 Å². The molecule has 6 nitrogen and oxygen atoms in total. The first-order valence-corrected chi connectivity index (χ1v) is 9.94. The Morgan fingerprint density at radius 3 is 2.59 bits per heavy atom. The molecule has 1 aliphatic heterocycles. The van der Waals surface area contributed by atoms with Gasteiger partial charge in [0.05, 0.1) is 5.56 Å². The fraction of sp³-hybridized carbons (Fsp3) is 0.318. The third kappa shape index (κ3) is 4.64. The molecule has 3 aromatic rings. The SMILES string of the molecule is CN(Cc1ccc(C(F)(F)F)c(F)c1)C1CCN(C(=O)c2ccc(-c3nnco3)cc2)C1. The van der Waals surface area contributed by atoms with Crippen LogP contribution in [-0.4, -0.2) is 52.1 Å². The summed E-state index contributed by atoms with van der Waals surface area (Å²) in [6.45, 7) is 1.31. The van der Waals surface area contributed by atoms with Gasteiger partial charge in [0.2, 0.25) is 12.3 Å². The van der Waals surface area contributed by atoms with E-state index >= 15 is 0 Å². The Balaban J connectivity index is 1.36. The molecule has 0 N–H and O–H groups in total. The third-order valence-electron chi connectivity index (χ3n) is 5.58. The molecule has 1 aliphatic rings. The summed E-state index contributed by atoms with van der Waals surface area (Å²) >= 11 is 0. The highest BCUT2D eigenvalue weighted by atomic mass is 19.4. The van der Waals surface area contributed by atoms with Crippen molar-refractivity contribution in [3.8, 4) is 11.5 Å². The van der Waals surface area contributed by atoms with Gasteiger partial charge >= 0.3 is 6.18 Å². The number of halogens is 4. The maximum Gasteiger partial charge on any atom is 0.419 e. The zero-order chi connectivity index (χ0) is 22.9. The topological polar surface area (TPSA) is 62.5 Å². The summed E-state index contributed by atoms with van der Waals surface area (Å²) in [6, 6.07) is 9.85. The van der Waals surface area contributed by atoms with Crippen molar-refractivity contribution >= 4 is 5.91 Å². The molecule has 0 bridgehead atoms. The molecule has 10 heteroatoms. The van der Waals surface area contributed by atoms with E-state index in [1.54, 1.807) is 29.2 Å². The molecule has 2 aromatic carbocycles. The number of rotatable bonds is 5. The number of hydrogen-bond donors (Lipinski definition) is 0. The molecule has 168 valence electrons. The Kier molecular flexibility index (Phi) is 5.96. The van der Waals surface area contributed by atoms with Crippen molar-refractivity contribution in [3.63, 3.8) is 0 Å². The van der Waals surface area contributed by atoms with Crippen LogP contribution in [0.2, 0.25) is 0 Å². The van der Waals surface area contributed by atoms with E-state index < -0.39 is 17.6 Å². The van der Waals surface area contributed by atoms with Gasteiger partial charge in [0.1, 0.15) is 5.82 Å². The lowest BCUT2D eigenvalue weighted by molar-refractivity contribution is -0.140. The minimum atomic E-state index is -4.72. The average Bonchev–Trinajstić information content (AvgIpc) is 3.45. The number of aromatic nitrogens is 2. The van der Waals surface area contributed by atoms with E-state index in [1.165, 1.54) is 12.5 Å². The van der Waals surface area contributed by atoms with Gasteiger partial charge in [-0.25, -0.2) is 4.39 Å². The first-order valence-electron chi connectivity index (χ1n) is 9.94. The van der Waals surface area contributed by atoms with Crippen molar-refractivity contribution in [1.82, 2.24) is 20.0 Å². The van der Waals surface area contributed by atoms with Crippen LogP contribution in [-0.2, 0) is 12.7 Å². The molecule has 0 saturated carbocycles. The summed E-state index contributed by atoms with van der Waals surface area (Å²) in [4.78, 5) is 16.5. The van der Waals surface area contributed by atoms with Crippen LogP contribution in [0.25, 0.3) is 11.5 Å². The molecule has 1 atom stereocenters. The highest BCUT2D eigenvalue weighted by Crippen LogP contribution is 2.32. The molecule has 4 rings (SSSR count). The number of benzene rings is 2.